The quantitative estimate of drug-likeness (QED) is 0.591. The lowest BCUT2D eigenvalue weighted by Crippen LogP contribution is -2.17. The Morgan fingerprint density at radius 3 is 3.08 bits per heavy atom. The van der Waals surface area contributed by atoms with Gasteiger partial charge in [-0.05, 0) is 18.9 Å². The second-order valence-corrected chi connectivity index (χ2v) is 3.09. The molecule has 0 bridgehead atoms. The summed E-state index contributed by atoms with van der Waals surface area (Å²) in [7, 11) is 0. The Hall–Kier alpha value is -0.500. The summed E-state index contributed by atoms with van der Waals surface area (Å²) in [6.07, 6.45) is 9.53. The van der Waals surface area contributed by atoms with Crippen molar-refractivity contribution in [3.63, 3.8) is 0 Å². The van der Waals surface area contributed by atoms with Gasteiger partial charge in [0.1, 0.15) is 0 Å². The lowest BCUT2D eigenvalue weighted by atomic mass is 10.2. The predicted octanol–water partition coefficient (Wildman–Crippen LogP) is 2.84. The van der Waals surface area contributed by atoms with Crippen LogP contribution in [0.4, 0.5) is 0 Å². The van der Waals surface area contributed by atoms with E-state index >= 15 is 0 Å². The molecule has 0 saturated carbocycles. The minimum atomic E-state index is 0.0202. The summed E-state index contributed by atoms with van der Waals surface area (Å²) >= 11 is 0. The van der Waals surface area contributed by atoms with E-state index in [2.05, 4.69) is 6.92 Å². The van der Waals surface area contributed by atoms with E-state index < -0.39 is 0 Å². The van der Waals surface area contributed by atoms with Gasteiger partial charge >= 0.3 is 0 Å². The number of rotatable bonds is 5. The minimum Gasteiger partial charge on any atom is -0.473 e. The fraction of sp³-hybridized carbons (Fsp3) is 0.800. The first-order valence-electron chi connectivity index (χ1n) is 4.85. The molecule has 1 aliphatic rings. The Balaban J connectivity index is 1.95. The number of unbranched alkanes of at least 4 members (excludes halogenated alkanes) is 2. The monoisotopic (exact) mass is 170 g/mol. The van der Waals surface area contributed by atoms with Crippen molar-refractivity contribution in [3.8, 4) is 0 Å². The lowest BCUT2D eigenvalue weighted by Gasteiger charge is -2.19. The third kappa shape index (κ3) is 3.77. The first-order chi connectivity index (χ1) is 5.93. The fourth-order valence-electron chi connectivity index (χ4n) is 1.20. The Kier molecular flexibility index (Phi) is 4.85. The van der Waals surface area contributed by atoms with Crippen LogP contribution in [0.2, 0.25) is 0 Å². The molecule has 0 N–H and O–H groups in total. The van der Waals surface area contributed by atoms with E-state index in [9.17, 15) is 0 Å². The van der Waals surface area contributed by atoms with Crippen LogP contribution in [0.25, 0.3) is 0 Å². The van der Waals surface area contributed by atoms with E-state index in [0.29, 0.717) is 0 Å². The smallest absolute Gasteiger partial charge is 0.199 e. The van der Waals surface area contributed by atoms with Gasteiger partial charge in [-0.3, -0.25) is 0 Å². The summed E-state index contributed by atoms with van der Waals surface area (Å²) in [5.41, 5.74) is 0. The van der Waals surface area contributed by atoms with Crippen LogP contribution >= 0.6 is 0 Å². The van der Waals surface area contributed by atoms with E-state index in [4.69, 9.17) is 9.47 Å². The summed E-state index contributed by atoms with van der Waals surface area (Å²) in [4.78, 5) is 0. The average molecular weight is 170 g/mol. The molecule has 0 saturated heterocycles. The number of hydrogen-bond donors (Lipinski definition) is 0. The van der Waals surface area contributed by atoms with Crippen molar-refractivity contribution >= 4 is 0 Å². The molecule has 2 heteroatoms. The SMILES string of the molecule is CCCCCOC1CCC=CO1. The maximum Gasteiger partial charge on any atom is 0.199 e. The van der Waals surface area contributed by atoms with Crippen LogP contribution in [0, 0.1) is 0 Å². The highest BCUT2D eigenvalue weighted by Gasteiger charge is 2.09. The third-order valence-electron chi connectivity index (χ3n) is 1.95. The maximum absolute atomic E-state index is 5.51. The lowest BCUT2D eigenvalue weighted by molar-refractivity contribution is -0.115. The van der Waals surface area contributed by atoms with Gasteiger partial charge in [-0.25, -0.2) is 0 Å². The summed E-state index contributed by atoms with van der Waals surface area (Å²) in [5.74, 6) is 0. The molecule has 0 fully saturated rings. The van der Waals surface area contributed by atoms with Gasteiger partial charge in [0.25, 0.3) is 0 Å². The standard InChI is InChI=1S/C10H18O2/c1-2-3-5-8-11-10-7-4-6-9-12-10/h6,9-10H,2-5,7-8H2,1H3. The van der Waals surface area contributed by atoms with Crippen molar-refractivity contribution in [2.45, 2.75) is 45.3 Å². The summed E-state index contributed by atoms with van der Waals surface area (Å²) in [5, 5.41) is 0. The molecule has 0 aromatic rings. The molecule has 0 radical (unpaired) electrons. The van der Waals surface area contributed by atoms with Crippen molar-refractivity contribution in [1.29, 1.82) is 0 Å². The van der Waals surface area contributed by atoms with Crippen LogP contribution < -0.4 is 0 Å². The van der Waals surface area contributed by atoms with Gasteiger partial charge in [0, 0.05) is 6.42 Å². The molecule has 0 aromatic carbocycles. The minimum absolute atomic E-state index is 0.0202. The van der Waals surface area contributed by atoms with Crippen LogP contribution in [0.5, 0.6) is 0 Å². The van der Waals surface area contributed by atoms with Crippen molar-refractivity contribution in [2.24, 2.45) is 0 Å². The molecular formula is C10H18O2. The molecule has 1 rings (SSSR count). The highest BCUT2D eigenvalue weighted by atomic mass is 16.7. The van der Waals surface area contributed by atoms with Crippen LogP contribution in [0.15, 0.2) is 12.3 Å². The van der Waals surface area contributed by atoms with Crippen molar-refractivity contribution in [3.05, 3.63) is 12.3 Å². The Labute approximate surface area is 74.6 Å². The molecule has 70 valence electrons. The summed E-state index contributed by atoms with van der Waals surface area (Å²) < 4.78 is 10.8. The zero-order chi connectivity index (χ0) is 8.65. The average Bonchev–Trinajstić information content (AvgIpc) is 2.14. The largest absolute Gasteiger partial charge is 0.473 e. The van der Waals surface area contributed by atoms with Gasteiger partial charge in [0.05, 0.1) is 12.9 Å². The Morgan fingerprint density at radius 1 is 1.50 bits per heavy atom. The van der Waals surface area contributed by atoms with Gasteiger partial charge < -0.3 is 9.47 Å². The van der Waals surface area contributed by atoms with E-state index in [0.717, 1.165) is 25.9 Å². The topological polar surface area (TPSA) is 18.5 Å². The van der Waals surface area contributed by atoms with Gasteiger partial charge in [-0.2, -0.15) is 0 Å². The van der Waals surface area contributed by atoms with Gasteiger partial charge in [-0.15, -0.1) is 0 Å². The zero-order valence-corrected chi connectivity index (χ0v) is 7.79. The van der Waals surface area contributed by atoms with Crippen molar-refractivity contribution < 1.29 is 9.47 Å². The molecular weight excluding hydrogens is 152 g/mol. The van der Waals surface area contributed by atoms with E-state index in [1.165, 1.54) is 12.8 Å². The second-order valence-electron chi connectivity index (χ2n) is 3.09. The normalized spacial score (nSPS) is 22.2. The molecule has 1 aliphatic heterocycles. The van der Waals surface area contributed by atoms with Crippen LogP contribution in [-0.4, -0.2) is 12.9 Å². The van der Waals surface area contributed by atoms with E-state index in [-0.39, 0.29) is 6.29 Å². The fourth-order valence-corrected chi connectivity index (χ4v) is 1.20. The summed E-state index contributed by atoms with van der Waals surface area (Å²) in [6, 6.07) is 0. The molecule has 0 spiro atoms. The van der Waals surface area contributed by atoms with Crippen molar-refractivity contribution in [1.82, 2.24) is 0 Å². The molecule has 1 unspecified atom stereocenters. The second kappa shape index (κ2) is 6.06. The molecule has 0 amide bonds. The first kappa shape index (κ1) is 9.59. The van der Waals surface area contributed by atoms with Crippen LogP contribution in [0.1, 0.15) is 39.0 Å². The molecule has 1 atom stereocenters. The Morgan fingerprint density at radius 2 is 2.42 bits per heavy atom. The van der Waals surface area contributed by atoms with E-state index in [1.54, 1.807) is 6.26 Å². The molecule has 0 aliphatic carbocycles. The molecule has 1 heterocycles. The predicted molar refractivity (Wildman–Crippen MR) is 48.7 cm³/mol. The van der Waals surface area contributed by atoms with Gasteiger partial charge in [0.2, 0.25) is 0 Å². The first-order valence-corrected chi connectivity index (χ1v) is 4.85. The van der Waals surface area contributed by atoms with Crippen molar-refractivity contribution in [2.75, 3.05) is 6.61 Å². The van der Waals surface area contributed by atoms with Crippen LogP contribution in [0.3, 0.4) is 0 Å². The number of ether oxygens (including phenoxy) is 2. The Bertz CT molecular complexity index is 132. The number of allylic oxidation sites excluding steroid dienone is 1. The van der Waals surface area contributed by atoms with E-state index in [1.807, 2.05) is 6.08 Å². The third-order valence-corrected chi connectivity index (χ3v) is 1.95. The highest BCUT2D eigenvalue weighted by Crippen LogP contribution is 2.11. The van der Waals surface area contributed by atoms with Crippen LogP contribution in [-0.2, 0) is 9.47 Å². The summed E-state index contributed by atoms with van der Waals surface area (Å²) in [6.45, 7) is 3.03. The maximum atomic E-state index is 5.51. The highest BCUT2D eigenvalue weighted by molar-refractivity contribution is 4.78. The molecule has 0 aromatic heterocycles. The van der Waals surface area contributed by atoms with Gasteiger partial charge in [-0.1, -0.05) is 19.8 Å². The van der Waals surface area contributed by atoms with Gasteiger partial charge in [0.15, 0.2) is 6.29 Å². The zero-order valence-electron chi connectivity index (χ0n) is 7.79. The number of hydrogen-bond acceptors (Lipinski definition) is 2. The molecule has 12 heavy (non-hydrogen) atoms. The molecule has 2 nitrogen and oxygen atoms in total.